The Morgan fingerprint density at radius 3 is 2.50 bits per heavy atom. The Morgan fingerprint density at radius 2 is 1.81 bits per heavy atom. The highest BCUT2D eigenvalue weighted by Crippen LogP contribution is 2.16. The third kappa shape index (κ3) is 5.04. The zero-order valence-corrected chi connectivity index (χ0v) is 15.0. The molecule has 0 radical (unpaired) electrons. The van der Waals surface area contributed by atoms with Gasteiger partial charge in [-0.15, -0.1) is 0 Å². The third-order valence-corrected chi connectivity index (χ3v) is 4.75. The molecule has 0 aliphatic rings. The summed E-state index contributed by atoms with van der Waals surface area (Å²) in [6.45, 7) is -0.515. The van der Waals surface area contributed by atoms with E-state index < -0.39 is 28.5 Å². The van der Waals surface area contributed by atoms with Crippen molar-refractivity contribution in [3.63, 3.8) is 0 Å². The van der Waals surface area contributed by atoms with Crippen LogP contribution in [0.2, 0.25) is 0 Å². The fourth-order valence-corrected chi connectivity index (χ4v) is 2.80. The number of carbonyl (C=O) groups is 2. The van der Waals surface area contributed by atoms with Crippen molar-refractivity contribution in [3.05, 3.63) is 54.1 Å². The summed E-state index contributed by atoms with van der Waals surface area (Å²) < 4.78 is 35.6. The molecule has 0 heterocycles. The first-order chi connectivity index (χ1) is 12.4. The topological polar surface area (TPSA) is 111 Å². The quantitative estimate of drug-likeness (QED) is 0.705. The Hall–Kier alpha value is -2.91. The van der Waals surface area contributed by atoms with Gasteiger partial charge in [-0.25, -0.2) is 17.9 Å². The fourth-order valence-electron chi connectivity index (χ4n) is 2.02. The number of hydrogen-bond donors (Lipinski definition) is 2. The van der Waals surface area contributed by atoms with Gasteiger partial charge in [0.05, 0.1) is 17.6 Å². The summed E-state index contributed by atoms with van der Waals surface area (Å²) >= 11 is 0. The summed E-state index contributed by atoms with van der Waals surface area (Å²) in [5.41, 5.74) is 0.517. The van der Waals surface area contributed by atoms with Crippen LogP contribution in [0.3, 0.4) is 0 Å². The third-order valence-electron chi connectivity index (χ3n) is 3.34. The van der Waals surface area contributed by atoms with Crippen LogP contribution in [0, 0.1) is 0 Å². The Labute approximate surface area is 151 Å². The smallest absolute Gasteiger partial charge is 0.338 e. The molecule has 0 saturated heterocycles. The maximum Gasteiger partial charge on any atom is 0.338 e. The van der Waals surface area contributed by atoms with Gasteiger partial charge in [0, 0.05) is 11.8 Å². The van der Waals surface area contributed by atoms with E-state index in [1.165, 1.54) is 38.4 Å². The monoisotopic (exact) mass is 378 g/mol. The summed E-state index contributed by atoms with van der Waals surface area (Å²) in [4.78, 5) is 23.8. The van der Waals surface area contributed by atoms with Gasteiger partial charge in [0.2, 0.25) is 10.0 Å². The number of benzene rings is 2. The highest BCUT2D eigenvalue weighted by molar-refractivity contribution is 7.89. The molecule has 2 aromatic rings. The van der Waals surface area contributed by atoms with Crippen molar-refractivity contribution in [2.45, 2.75) is 4.90 Å². The lowest BCUT2D eigenvalue weighted by Gasteiger charge is -2.08. The van der Waals surface area contributed by atoms with E-state index in [9.17, 15) is 18.0 Å². The molecule has 2 N–H and O–H groups in total. The first kappa shape index (κ1) is 19.4. The van der Waals surface area contributed by atoms with Gasteiger partial charge < -0.3 is 14.8 Å². The van der Waals surface area contributed by atoms with E-state index >= 15 is 0 Å². The van der Waals surface area contributed by atoms with E-state index in [4.69, 9.17) is 9.47 Å². The van der Waals surface area contributed by atoms with Crippen LogP contribution < -0.4 is 14.8 Å². The summed E-state index contributed by atoms with van der Waals surface area (Å²) in [6.07, 6.45) is 0. The average molecular weight is 378 g/mol. The molecule has 138 valence electrons. The maximum atomic E-state index is 12.0. The number of sulfonamides is 1. The van der Waals surface area contributed by atoms with Gasteiger partial charge in [0.1, 0.15) is 5.75 Å². The normalized spacial score (nSPS) is 10.8. The second-order valence-electron chi connectivity index (χ2n) is 5.09. The molecule has 0 saturated carbocycles. The van der Waals surface area contributed by atoms with Crippen LogP contribution in [0.1, 0.15) is 10.4 Å². The number of anilines is 1. The van der Waals surface area contributed by atoms with Crippen molar-refractivity contribution < 1.29 is 27.5 Å². The van der Waals surface area contributed by atoms with Gasteiger partial charge in [-0.3, -0.25) is 4.79 Å². The highest BCUT2D eigenvalue weighted by Gasteiger charge is 2.16. The number of amides is 1. The highest BCUT2D eigenvalue weighted by atomic mass is 32.2. The van der Waals surface area contributed by atoms with E-state index in [-0.39, 0.29) is 10.5 Å². The molecule has 0 bridgehead atoms. The summed E-state index contributed by atoms with van der Waals surface area (Å²) in [5, 5.41) is 2.57. The van der Waals surface area contributed by atoms with Crippen molar-refractivity contribution >= 4 is 27.6 Å². The van der Waals surface area contributed by atoms with Crippen LogP contribution in [0.5, 0.6) is 5.75 Å². The number of hydrogen-bond acceptors (Lipinski definition) is 6. The Bertz CT molecular complexity index is 911. The summed E-state index contributed by atoms with van der Waals surface area (Å²) in [6, 6.07) is 12.0. The second-order valence-corrected chi connectivity index (χ2v) is 6.98. The van der Waals surface area contributed by atoms with Crippen molar-refractivity contribution in [1.82, 2.24) is 4.72 Å². The molecule has 0 spiro atoms. The van der Waals surface area contributed by atoms with Crippen molar-refractivity contribution in [3.8, 4) is 5.75 Å². The minimum atomic E-state index is -3.68. The minimum Gasteiger partial charge on any atom is -0.497 e. The van der Waals surface area contributed by atoms with E-state index in [2.05, 4.69) is 10.0 Å². The predicted molar refractivity (Wildman–Crippen MR) is 94.6 cm³/mol. The van der Waals surface area contributed by atoms with Gasteiger partial charge in [-0.1, -0.05) is 12.1 Å². The van der Waals surface area contributed by atoms with Crippen LogP contribution >= 0.6 is 0 Å². The molecule has 0 aliphatic carbocycles. The van der Waals surface area contributed by atoms with Gasteiger partial charge in [-0.05, 0) is 37.4 Å². The molecule has 1 amide bonds. The number of rotatable bonds is 7. The lowest BCUT2D eigenvalue weighted by atomic mass is 10.2. The zero-order chi connectivity index (χ0) is 19.2. The molecule has 0 aliphatic heterocycles. The number of esters is 1. The van der Waals surface area contributed by atoms with E-state index in [0.717, 1.165) is 0 Å². The first-order valence-electron chi connectivity index (χ1n) is 7.50. The van der Waals surface area contributed by atoms with Crippen molar-refractivity contribution in [1.29, 1.82) is 0 Å². The maximum absolute atomic E-state index is 12.0. The number of carbonyl (C=O) groups excluding carboxylic acids is 2. The molecular weight excluding hydrogens is 360 g/mol. The van der Waals surface area contributed by atoms with Crippen LogP contribution in [-0.4, -0.2) is 41.1 Å². The molecule has 8 nitrogen and oxygen atoms in total. The van der Waals surface area contributed by atoms with Crippen LogP contribution in [0.15, 0.2) is 53.4 Å². The average Bonchev–Trinajstić information content (AvgIpc) is 2.66. The van der Waals surface area contributed by atoms with E-state index in [1.807, 2.05) is 0 Å². The molecule has 2 rings (SSSR count). The SMILES string of the molecule is CNS(=O)(=O)c1cccc(C(=O)OCC(=O)Nc2cccc(OC)c2)c1. The molecule has 0 fully saturated rings. The standard InChI is InChI=1S/C17H18N2O6S/c1-18-26(22,23)15-8-3-5-12(9-15)17(21)25-11-16(20)19-13-6-4-7-14(10-13)24-2/h3-10,18H,11H2,1-2H3,(H,19,20). The van der Waals surface area contributed by atoms with Crippen molar-refractivity contribution in [2.75, 3.05) is 26.1 Å². The molecule has 2 aromatic carbocycles. The molecule has 26 heavy (non-hydrogen) atoms. The van der Waals surface area contributed by atoms with Crippen LogP contribution in [-0.2, 0) is 19.6 Å². The predicted octanol–water partition coefficient (Wildman–Crippen LogP) is 1.40. The Kier molecular flexibility index (Phi) is 6.31. The van der Waals surface area contributed by atoms with Gasteiger partial charge in [0.15, 0.2) is 6.61 Å². The lowest BCUT2D eigenvalue weighted by Crippen LogP contribution is -2.21. The first-order valence-corrected chi connectivity index (χ1v) is 8.98. The zero-order valence-electron chi connectivity index (χ0n) is 14.2. The summed E-state index contributed by atoms with van der Waals surface area (Å²) in [7, 11) is -0.910. The van der Waals surface area contributed by atoms with Gasteiger partial charge in [-0.2, -0.15) is 0 Å². The lowest BCUT2D eigenvalue weighted by molar-refractivity contribution is -0.119. The van der Waals surface area contributed by atoms with Crippen LogP contribution in [0.4, 0.5) is 5.69 Å². The van der Waals surface area contributed by atoms with E-state index in [1.54, 1.807) is 24.3 Å². The summed E-state index contributed by atoms with van der Waals surface area (Å²) in [5.74, 6) is -0.771. The molecule has 0 atom stereocenters. The van der Waals surface area contributed by atoms with Gasteiger partial charge in [0.25, 0.3) is 5.91 Å². The molecular formula is C17H18N2O6S. The fraction of sp³-hybridized carbons (Fsp3) is 0.176. The largest absolute Gasteiger partial charge is 0.497 e. The minimum absolute atomic E-state index is 0.0236. The second kappa shape index (κ2) is 8.45. The van der Waals surface area contributed by atoms with Gasteiger partial charge >= 0.3 is 5.97 Å². The molecule has 0 unspecified atom stereocenters. The Balaban J connectivity index is 1.98. The van der Waals surface area contributed by atoms with Crippen molar-refractivity contribution in [2.24, 2.45) is 0 Å². The Morgan fingerprint density at radius 1 is 1.08 bits per heavy atom. The van der Waals surface area contributed by atoms with Crippen LogP contribution in [0.25, 0.3) is 0 Å². The number of nitrogens with one attached hydrogen (secondary N) is 2. The number of ether oxygens (including phenoxy) is 2. The molecule has 0 aromatic heterocycles. The van der Waals surface area contributed by atoms with E-state index in [0.29, 0.717) is 11.4 Å². The molecule has 9 heteroatoms. The number of methoxy groups -OCH3 is 1.